The van der Waals surface area contributed by atoms with Gasteiger partial charge in [-0.15, -0.1) is 0 Å². The highest BCUT2D eigenvalue weighted by molar-refractivity contribution is 5.91. The van der Waals surface area contributed by atoms with Crippen molar-refractivity contribution in [2.75, 3.05) is 32.8 Å². The number of fused-ring (bicyclic) bond motifs is 2. The number of nitrogens with zero attached hydrogens (tertiary/aromatic N) is 1. The molecule has 1 N–H and O–H groups in total. The maximum absolute atomic E-state index is 12.1. The van der Waals surface area contributed by atoms with Gasteiger partial charge in [0.15, 0.2) is 11.5 Å². The molecule has 0 radical (unpaired) electrons. The van der Waals surface area contributed by atoms with E-state index < -0.39 is 0 Å². The third-order valence-electron chi connectivity index (χ3n) is 5.15. The lowest BCUT2D eigenvalue weighted by Gasteiger charge is -2.28. The van der Waals surface area contributed by atoms with E-state index in [1.807, 2.05) is 18.2 Å². The minimum absolute atomic E-state index is 0.0705. The molecule has 5 heteroatoms. The Labute approximate surface area is 165 Å². The van der Waals surface area contributed by atoms with Crippen molar-refractivity contribution in [3.8, 4) is 11.5 Å². The van der Waals surface area contributed by atoms with E-state index in [2.05, 4.69) is 34.5 Å². The molecule has 0 bridgehead atoms. The molecule has 146 valence electrons. The van der Waals surface area contributed by atoms with E-state index in [1.54, 1.807) is 12.2 Å². The molecule has 2 aromatic rings. The molecule has 2 aromatic carbocycles. The van der Waals surface area contributed by atoms with Crippen LogP contribution in [0.1, 0.15) is 23.1 Å². The zero-order valence-corrected chi connectivity index (χ0v) is 16.0. The zero-order valence-electron chi connectivity index (χ0n) is 16.0. The molecule has 0 spiro atoms. The molecule has 4 rings (SSSR count). The summed E-state index contributed by atoms with van der Waals surface area (Å²) >= 11 is 0. The SMILES string of the molecule is O=C(C=Cc1ccc2c(c1)OCCO2)NCCCN1CCc2ccccc2C1. The Morgan fingerprint density at radius 3 is 2.79 bits per heavy atom. The van der Waals surface area contributed by atoms with Crippen LogP contribution in [0.3, 0.4) is 0 Å². The van der Waals surface area contributed by atoms with Crippen molar-refractivity contribution in [1.29, 1.82) is 0 Å². The number of benzene rings is 2. The first-order valence-electron chi connectivity index (χ1n) is 9.93. The van der Waals surface area contributed by atoms with Crippen molar-refractivity contribution >= 4 is 12.0 Å². The Kier molecular flexibility index (Phi) is 5.92. The summed E-state index contributed by atoms with van der Waals surface area (Å²) in [6, 6.07) is 14.4. The van der Waals surface area contributed by atoms with E-state index >= 15 is 0 Å². The Bertz CT molecular complexity index is 863. The van der Waals surface area contributed by atoms with E-state index in [0.717, 1.165) is 49.5 Å². The van der Waals surface area contributed by atoms with Gasteiger partial charge in [-0.1, -0.05) is 30.3 Å². The topological polar surface area (TPSA) is 50.8 Å². The fourth-order valence-corrected chi connectivity index (χ4v) is 3.65. The Hall–Kier alpha value is -2.79. The zero-order chi connectivity index (χ0) is 19.2. The summed E-state index contributed by atoms with van der Waals surface area (Å²) in [5, 5.41) is 2.97. The van der Waals surface area contributed by atoms with Gasteiger partial charge in [-0.2, -0.15) is 0 Å². The van der Waals surface area contributed by atoms with E-state index in [1.165, 1.54) is 11.1 Å². The van der Waals surface area contributed by atoms with Gasteiger partial charge < -0.3 is 14.8 Å². The minimum Gasteiger partial charge on any atom is -0.486 e. The van der Waals surface area contributed by atoms with Crippen LogP contribution in [0.2, 0.25) is 0 Å². The quantitative estimate of drug-likeness (QED) is 0.620. The summed E-state index contributed by atoms with van der Waals surface area (Å²) in [6.07, 6.45) is 5.43. The second-order valence-electron chi connectivity index (χ2n) is 7.18. The van der Waals surface area contributed by atoms with Crippen molar-refractivity contribution in [3.63, 3.8) is 0 Å². The lowest BCUT2D eigenvalue weighted by molar-refractivity contribution is -0.116. The molecule has 2 aliphatic heterocycles. The van der Waals surface area contributed by atoms with E-state index in [-0.39, 0.29) is 5.91 Å². The van der Waals surface area contributed by atoms with Crippen LogP contribution in [-0.2, 0) is 17.8 Å². The summed E-state index contributed by atoms with van der Waals surface area (Å²) in [6.45, 7) is 4.92. The molecule has 0 aliphatic carbocycles. The first-order valence-corrected chi connectivity index (χ1v) is 9.93. The summed E-state index contributed by atoms with van der Waals surface area (Å²) in [4.78, 5) is 14.5. The van der Waals surface area contributed by atoms with Crippen LogP contribution in [0.25, 0.3) is 6.08 Å². The summed E-state index contributed by atoms with van der Waals surface area (Å²) in [7, 11) is 0. The summed E-state index contributed by atoms with van der Waals surface area (Å²) in [5.41, 5.74) is 3.82. The molecule has 0 fully saturated rings. The average molecular weight is 378 g/mol. The van der Waals surface area contributed by atoms with Gasteiger partial charge in [0.25, 0.3) is 0 Å². The summed E-state index contributed by atoms with van der Waals surface area (Å²) < 4.78 is 11.1. The largest absolute Gasteiger partial charge is 0.486 e. The van der Waals surface area contributed by atoms with Crippen molar-refractivity contribution in [1.82, 2.24) is 10.2 Å². The van der Waals surface area contributed by atoms with Gasteiger partial charge in [0.1, 0.15) is 13.2 Å². The van der Waals surface area contributed by atoms with Crippen molar-refractivity contribution in [3.05, 3.63) is 65.2 Å². The smallest absolute Gasteiger partial charge is 0.243 e. The van der Waals surface area contributed by atoms with Gasteiger partial charge in [-0.25, -0.2) is 0 Å². The van der Waals surface area contributed by atoms with Gasteiger partial charge >= 0.3 is 0 Å². The van der Waals surface area contributed by atoms with Crippen LogP contribution < -0.4 is 14.8 Å². The third-order valence-corrected chi connectivity index (χ3v) is 5.15. The molecule has 0 aromatic heterocycles. The highest BCUT2D eigenvalue weighted by atomic mass is 16.6. The van der Waals surface area contributed by atoms with Gasteiger partial charge in [-0.3, -0.25) is 9.69 Å². The van der Waals surface area contributed by atoms with E-state index in [0.29, 0.717) is 19.8 Å². The van der Waals surface area contributed by atoms with Crippen LogP contribution in [0, 0.1) is 0 Å². The number of carbonyl (C=O) groups excluding carboxylic acids is 1. The third kappa shape index (κ3) is 4.73. The molecule has 0 unspecified atom stereocenters. The van der Waals surface area contributed by atoms with E-state index in [4.69, 9.17) is 9.47 Å². The summed E-state index contributed by atoms with van der Waals surface area (Å²) in [5.74, 6) is 1.42. The molecule has 5 nitrogen and oxygen atoms in total. The van der Waals surface area contributed by atoms with Gasteiger partial charge in [0.05, 0.1) is 0 Å². The van der Waals surface area contributed by atoms with Crippen molar-refractivity contribution in [2.24, 2.45) is 0 Å². The highest BCUT2D eigenvalue weighted by Crippen LogP contribution is 2.31. The Morgan fingerprint density at radius 2 is 1.89 bits per heavy atom. The fraction of sp³-hybridized carbons (Fsp3) is 0.348. The molecule has 0 saturated carbocycles. The predicted octanol–water partition coefficient (Wildman–Crippen LogP) is 3.04. The number of amides is 1. The number of hydrogen-bond acceptors (Lipinski definition) is 4. The molecule has 2 aliphatic rings. The first kappa shape index (κ1) is 18.6. The normalized spacial score (nSPS) is 16.0. The van der Waals surface area contributed by atoms with Gasteiger partial charge in [-0.05, 0) is 47.7 Å². The molecule has 0 saturated heterocycles. The van der Waals surface area contributed by atoms with Crippen LogP contribution in [0.4, 0.5) is 0 Å². The van der Waals surface area contributed by atoms with Crippen LogP contribution in [-0.4, -0.2) is 43.7 Å². The standard InChI is InChI=1S/C23H26N2O3/c26-23(9-7-18-6-8-21-22(16-18)28-15-14-27-21)24-11-3-12-25-13-10-19-4-1-2-5-20(19)17-25/h1-2,4-9,16H,3,10-15,17H2,(H,24,26). The fourth-order valence-electron chi connectivity index (χ4n) is 3.65. The lowest BCUT2D eigenvalue weighted by Crippen LogP contribution is -2.33. The Morgan fingerprint density at radius 1 is 1.07 bits per heavy atom. The van der Waals surface area contributed by atoms with Crippen LogP contribution >= 0.6 is 0 Å². The van der Waals surface area contributed by atoms with Gasteiger partial charge in [0, 0.05) is 32.3 Å². The second kappa shape index (κ2) is 8.93. The molecule has 28 heavy (non-hydrogen) atoms. The maximum Gasteiger partial charge on any atom is 0.243 e. The maximum atomic E-state index is 12.1. The van der Waals surface area contributed by atoms with Crippen molar-refractivity contribution < 1.29 is 14.3 Å². The Balaban J connectivity index is 1.18. The number of rotatable bonds is 6. The molecular formula is C23H26N2O3. The highest BCUT2D eigenvalue weighted by Gasteiger charge is 2.15. The minimum atomic E-state index is -0.0705. The average Bonchev–Trinajstić information content (AvgIpc) is 2.75. The number of carbonyl (C=O) groups is 1. The number of ether oxygens (including phenoxy) is 2. The van der Waals surface area contributed by atoms with Crippen molar-refractivity contribution in [2.45, 2.75) is 19.4 Å². The number of nitrogens with one attached hydrogen (secondary N) is 1. The van der Waals surface area contributed by atoms with Crippen LogP contribution in [0.5, 0.6) is 11.5 Å². The molecular weight excluding hydrogens is 352 g/mol. The van der Waals surface area contributed by atoms with Gasteiger partial charge in [0.2, 0.25) is 5.91 Å². The molecule has 0 atom stereocenters. The number of hydrogen-bond donors (Lipinski definition) is 1. The first-order chi connectivity index (χ1) is 13.8. The second-order valence-corrected chi connectivity index (χ2v) is 7.18. The lowest BCUT2D eigenvalue weighted by atomic mass is 10.00. The monoisotopic (exact) mass is 378 g/mol. The molecule has 1 amide bonds. The predicted molar refractivity (Wildman–Crippen MR) is 110 cm³/mol. The molecule has 2 heterocycles. The van der Waals surface area contributed by atoms with Crippen LogP contribution in [0.15, 0.2) is 48.5 Å². The van der Waals surface area contributed by atoms with E-state index in [9.17, 15) is 4.79 Å².